The number of unbranched alkanes of at least 4 members (excludes halogenated alkanes) is 1. The van der Waals surface area contributed by atoms with Gasteiger partial charge in [0.1, 0.15) is 29.9 Å². The first-order chi connectivity index (χ1) is 21.3. The van der Waals surface area contributed by atoms with Crippen molar-refractivity contribution in [2.45, 2.75) is 94.0 Å². The Morgan fingerprint density at radius 2 is 1.64 bits per heavy atom. The van der Waals surface area contributed by atoms with Crippen LogP contribution in [0.2, 0.25) is 0 Å². The van der Waals surface area contributed by atoms with Gasteiger partial charge in [0.25, 0.3) is 0 Å². The molecule has 4 amide bonds. The Bertz CT molecular complexity index is 1200. The molecule has 16 nitrogen and oxygen atoms in total. The standard InChI is InChI=1S/C29H44N6O10/c1-15(36)24(34-25(40)21-11-18(38)13-31-21)27(42)33-22(10-16-5-7-17(37)8-6-16)26(41)32-20(4-2-3-9-30)28(43)35-14-19(39)12-23(35)29(44)45/h5-8,15,18-24,31,36-39H,2-4,9-14,30H2,1H3,(H,32,41)(H,33,42)(H,34,40)(H,44,45)/t15-,18-,19-,20+,21+,22+,23+,24+/m1/s1. The Labute approximate surface area is 260 Å². The number of carbonyl (C=O) groups excluding carboxylic acids is 4. The van der Waals surface area contributed by atoms with E-state index >= 15 is 0 Å². The summed E-state index contributed by atoms with van der Waals surface area (Å²) in [5, 5.41) is 59.9. The Kier molecular flexibility index (Phi) is 13.0. The molecular weight excluding hydrogens is 592 g/mol. The molecule has 8 atom stereocenters. The first kappa shape index (κ1) is 35.6. The van der Waals surface area contributed by atoms with E-state index in [2.05, 4.69) is 21.3 Å². The average Bonchev–Trinajstić information content (AvgIpc) is 3.61. The Morgan fingerprint density at radius 3 is 2.22 bits per heavy atom. The van der Waals surface area contributed by atoms with Crippen LogP contribution in [0.25, 0.3) is 0 Å². The second kappa shape index (κ2) is 16.5. The first-order valence-corrected chi connectivity index (χ1v) is 15.0. The molecule has 2 aliphatic rings. The number of nitrogens with zero attached hydrogens (tertiary/aromatic N) is 1. The maximum Gasteiger partial charge on any atom is 0.326 e. The third kappa shape index (κ3) is 10.1. The highest BCUT2D eigenvalue weighted by molar-refractivity contribution is 5.96. The number of hydrogen-bond acceptors (Lipinski definition) is 11. The van der Waals surface area contributed by atoms with Crippen LogP contribution in [0.4, 0.5) is 0 Å². The fourth-order valence-electron chi connectivity index (χ4n) is 5.43. The monoisotopic (exact) mass is 636 g/mol. The Hall–Kier alpha value is -3.83. The number of aliphatic hydroxyl groups is 3. The number of rotatable bonds is 15. The van der Waals surface area contributed by atoms with Crippen LogP contribution >= 0.6 is 0 Å². The van der Waals surface area contributed by atoms with Gasteiger partial charge in [-0.15, -0.1) is 0 Å². The molecule has 250 valence electrons. The van der Waals surface area contributed by atoms with Crippen LogP contribution in [-0.2, 0) is 30.4 Å². The normalized spacial score (nSPS) is 23.9. The zero-order chi connectivity index (χ0) is 33.3. The number of aliphatic hydroxyl groups excluding tert-OH is 3. The predicted molar refractivity (Wildman–Crippen MR) is 158 cm³/mol. The largest absolute Gasteiger partial charge is 0.508 e. The van der Waals surface area contributed by atoms with Crippen molar-refractivity contribution in [1.29, 1.82) is 0 Å². The number of aliphatic carboxylic acids is 1. The zero-order valence-electron chi connectivity index (χ0n) is 25.1. The summed E-state index contributed by atoms with van der Waals surface area (Å²) in [5.74, 6) is -4.35. The molecule has 2 heterocycles. The zero-order valence-corrected chi connectivity index (χ0v) is 25.1. The lowest BCUT2D eigenvalue weighted by molar-refractivity contribution is -0.149. The molecule has 2 aliphatic heterocycles. The van der Waals surface area contributed by atoms with Crippen molar-refractivity contribution in [1.82, 2.24) is 26.2 Å². The molecule has 0 unspecified atom stereocenters. The Morgan fingerprint density at radius 1 is 0.978 bits per heavy atom. The summed E-state index contributed by atoms with van der Waals surface area (Å²) < 4.78 is 0. The molecule has 0 radical (unpaired) electrons. The van der Waals surface area contributed by atoms with Gasteiger partial charge in [0.15, 0.2) is 0 Å². The van der Waals surface area contributed by atoms with E-state index in [0.717, 1.165) is 4.90 Å². The van der Waals surface area contributed by atoms with Crippen molar-refractivity contribution in [3.63, 3.8) is 0 Å². The van der Waals surface area contributed by atoms with E-state index in [1.807, 2.05) is 0 Å². The second-order valence-corrected chi connectivity index (χ2v) is 11.6. The smallest absolute Gasteiger partial charge is 0.326 e. The minimum absolute atomic E-state index is 0.0299. The van der Waals surface area contributed by atoms with E-state index in [4.69, 9.17) is 5.73 Å². The number of nitrogens with one attached hydrogen (secondary N) is 4. The van der Waals surface area contributed by atoms with Crippen LogP contribution in [0, 0.1) is 0 Å². The molecule has 2 saturated heterocycles. The fraction of sp³-hybridized carbons (Fsp3) is 0.621. The Balaban J connectivity index is 1.83. The van der Waals surface area contributed by atoms with Gasteiger partial charge in [0.2, 0.25) is 23.6 Å². The molecule has 0 bridgehead atoms. The lowest BCUT2D eigenvalue weighted by Crippen LogP contribution is -2.60. The van der Waals surface area contributed by atoms with Crippen molar-refractivity contribution in [2.75, 3.05) is 19.6 Å². The molecule has 0 aromatic heterocycles. The third-order valence-corrected chi connectivity index (χ3v) is 7.90. The van der Waals surface area contributed by atoms with E-state index < -0.39 is 78.1 Å². The van der Waals surface area contributed by atoms with Crippen LogP contribution < -0.4 is 27.0 Å². The van der Waals surface area contributed by atoms with Crippen molar-refractivity contribution in [3.8, 4) is 5.75 Å². The number of nitrogens with two attached hydrogens (primary N) is 1. The van der Waals surface area contributed by atoms with Gasteiger partial charge in [-0.1, -0.05) is 12.1 Å². The maximum absolute atomic E-state index is 13.7. The lowest BCUT2D eigenvalue weighted by Gasteiger charge is -2.29. The highest BCUT2D eigenvalue weighted by Crippen LogP contribution is 2.21. The van der Waals surface area contributed by atoms with Crippen molar-refractivity contribution >= 4 is 29.6 Å². The molecule has 11 N–H and O–H groups in total. The summed E-state index contributed by atoms with van der Waals surface area (Å²) in [6.45, 7) is 1.56. The number of carboxylic acids is 1. The molecule has 16 heteroatoms. The molecular formula is C29H44N6O10. The van der Waals surface area contributed by atoms with E-state index in [9.17, 15) is 49.5 Å². The summed E-state index contributed by atoms with van der Waals surface area (Å²) in [6.07, 6.45) is -2.30. The summed E-state index contributed by atoms with van der Waals surface area (Å²) in [7, 11) is 0. The summed E-state index contributed by atoms with van der Waals surface area (Å²) >= 11 is 0. The number of carboxylic acid groups (broad SMARTS) is 1. The lowest BCUT2D eigenvalue weighted by atomic mass is 10.0. The highest BCUT2D eigenvalue weighted by Gasteiger charge is 2.42. The minimum atomic E-state index is -1.48. The van der Waals surface area contributed by atoms with Crippen molar-refractivity contribution in [3.05, 3.63) is 29.8 Å². The number of hydrogen-bond donors (Lipinski definition) is 10. The van der Waals surface area contributed by atoms with Gasteiger partial charge in [-0.3, -0.25) is 19.2 Å². The van der Waals surface area contributed by atoms with Gasteiger partial charge in [0, 0.05) is 25.9 Å². The number of β-amino-alcohol motifs (C(OH)–C–C–N with tert-alkyl or cyclic N) is 2. The summed E-state index contributed by atoms with van der Waals surface area (Å²) in [6, 6.07) is -0.256. The number of likely N-dealkylation sites (tertiary alicyclic amines) is 1. The number of phenolic OH excluding ortho intramolecular Hbond substituents is 1. The number of amides is 4. The fourth-order valence-corrected chi connectivity index (χ4v) is 5.43. The number of phenols is 1. The molecule has 0 spiro atoms. The third-order valence-electron chi connectivity index (χ3n) is 7.90. The number of benzene rings is 1. The van der Waals surface area contributed by atoms with Gasteiger partial charge in [-0.05, 0) is 56.8 Å². The second-order valence-electron chi connectivity index (χ2n) is 11.6. The van der Waals surface area contributed by atoms with Gasteiger partial charge in [-0.2, -0.15) is 0 Å². The van der Waals surface area contributed by atoms with Crippen LogP contribution in [-0.4, -0.2) is 128 Å². The number of carbonyl (C=O) groups is 5. The maximum atomic E-state index is 13.7. The molecule has 1 aromatic rings. The van der Waals surface area contributed by atoms with Crippen LogP contribution in [0.3, 0.4) is 0 Å². The minimum Gasteiger partial charge on any atom is -0.508 e. The SMILES string of the molecule is C[C@@H](O)[C@H](NC(=O)[C@@H]1C[C@@H](O)CN1)C(=O)N[C@@H](Cc1ccc(O)cc1)C(=O)N[C@@H](CCCCN)C(=O)N1C[C@H](O)C[C@H]1C(=O)O. The van der Waals surface area contributed by atoms with Crippen molar-refractivity contribution < 1.29 is 49.5 Å². The molecule has 3 rings (SSSR count). The van der Waals surface area contributed by atoms with Crippen LogP contribution in [0.5, 0.6) is 5.75 Å². The van der Waals surface area contributed by atoms with E-state index in [1.165, 1.54) is 31.2 Å². The van der Waals surface area contributed by atoms with Gasteiger partial charge < -0.3 is 57.4 Å². The molecule has 0 saturated carbocycles. The quantitative estimate of drug-likeness (QED) is 0.0848. The molecule has 2 fully saturated rings. The number of aromatic hydroxyl groups is 1. The van der Waals surface area contributed by atoms with E-state index in [0.29, 0.717) is 24.9 Å². The van der Waals surface area contributed by atoms with Crippen molar-refractivity contribution in [2.24, 2.45) is 5.73 Å². The van der Waals surface area contributed by atoms with Crippen LogP contribution in [0.15, 0.2) is 24.3 Å². The van der Waals surface area contributed by atoms with E-state index in [1.54, 1.807) is 0 Å². The summed E-state index contributed by atoms with van der Waals surface area (Å²) in [4.78, 5) is 66.2. The topological polar surface area (TPSA) is 264 Å². The van der Waals surface area contributed by atoms with Gasteiger partial charge in [0.05, 0.1) is 24.4 Å². The van der Waals surface area contributed by atoms with Crippen LogP contribution in [0.1, 0.15) is 44.6 Å². The van der Waals surface area contributed by atoms with Gasteiger partial charge in [-0.25, -0.2) is 4.79 Å². The van der Waals surface area contributed by atoms with Gasteiger partial charge >= 0.3 is 5.97 Å². The first-order valence-electron chi connectivity index (χ1n) is 15.0. The molecule has 0 aliphatic carbocycles. The average molecular weight is 637 g/mol. The van der Waals surface area contributed by atoms with E-state index in [-0.39, 0.29) is 44.5 Å². The summed E-state index contributed by atoms with van der Waals surface area (Å²) in [5.41, 5.74) is 6.12. The molecule has 1 aromatic carbocycles. The molecule has 45 heavy (non-hydrogen) atoms. The predicted octanol–water partition coefficient (Wildman–Crippen LogP) is -3.33. The highest BCUT2D eigenvalue weighted by atomic mass is 16.4.